The summed E-state index contributed by atoms with van der Waals surface area (Å²) in [6.45, 7) is -0.711. The van der Waals surface area contributed by atoms with Crippen molar-refractivity contribution >= 4 is 40.6 Å². The van der Waals surface area contributed by atoms with Crippen LogP contribution in [0.3, 0.4) is 0 Å². The number of imide groups is 1. The highest BCUT2D eigenvalue weighted by Gasteiger charge is 2.36. The van der Waals surface area contributed by atoms with Gasteiger partial charge < -0.3 is 5.11 Å². The molecule has 108 valence electrons. The van der Waals surface area contributed by atoms with Crippen LogP contribution in [-0.4, -0.2) is 38.6 Å². The first kappa shape index (κ1) is 14.7. The summed E-state index contributed by atoms with van der Waals surface area (Å²) in [6.07, 6.45) is 1.32. The van der Waals surface area contributed by atoms with E-state index in [4.69, 9.17) is 5.11 Å². The molecule has 9 heteroatoms. The molecular weight excluding hydrogens is 300 g/mol. The van der Waals surface area contributed by atoms with Crippen LogP contribution in [0.15, 0.2) is 29.2 Å². The minimum Gasteiger partial charge on any atom is -0.480 e. The number of amides is 2. The third kappa shape index (κ3) is 3.26. The SMILES string of the molecule is O=C(O)CN1C(=O)S/C(=C\c2cccc([N+](=O)[O-])c2)C1=O. The van der Waals surface area contributed by atoms with Crippen LogP contribution in [0.1, 0.15) is 5.56 Å². The molecule has 21 heavy (non-hydrogen) atoms. The largest absolute Gasteiger partial charge is 0.480 e. The lowest BCUT2D eigenvalue weighted by Crippen LogP contribution is -2.33. The van der Waals surface area contributed by atoms with Crippen molar-refractivity contribution in [3.63, 3.8) is 0 Å². The van der Waals surface area contributed by atoms with Crippen molar-refractivity contribution in [2.45, 2.75) is 0 Å². The molecule has 1 aliphatic heterocycles. The third-order valence-corrected chi connectivity index (χ3v) is 3.45. The Balaban J connectivity index is 2.28. The average molecular weight is 308 g/mol. The first-order chi connectivity index (χ1) is 9.88. The first-order valence-electron chi connectivity index (χ1n) is 5.60. The maximum absolute atomic E-state index is 11.9. The molecule has 0 unspecified atom stereocenters. The second-order valence-electron chi connectivity index (χ2n) is 4.01. The van der Waals surface area contributed by atoms with Crippen molar-refractivity contribution in [2.24, 2.45) is 0 Å². The molecule has 8 nitrogen and oxygen atoms in total. The summed E-state index contributed by atoms with van der Waals surface area (Å²) in [5.41, 5.74) is 0.235. The van der Waals surface area contributed by atoms with Crippen LogP contribution in [0, 0.1) is 10.1 Å². The van der Waals surface area contributed by atoms with Gasteiger partial charge in [-0.3, -0.25) is 29.4 Å². The lowest BCUT2D eigenvalue weighted by Gasteiger charge is -2.07. The molecule has 1 aromatic rings. The summed E-state index contributed by atoms with van der Waals surface area (Å²) in [4.78, 5) is 44.8. The van der Waals surface area contributed by atoms with Gasteiger partial charge in [0.25, 0.3) is 16.8 Å². The highest BCUT2D eigenvalue weighted by molar-refractivity contribution is 8.18. The summed E-state index contributed by atoms with van der Waals surface area (Å²) in [7, 11) is 0. The van der Waals surface area contributed by atoms with E-state index in [9.17, 15) is 24.5 Å². The highest BCUT2D eigenvalue weighted by Crippen LogP contribution is 2.32. The smallest absolute Gasteiger partial charge is 0.323 e. The first-order valence-corrected chi connectivity index (χ1v) is 6.42. The van der Waals surface area contributed by atoms with Crippen LogP contribution in [0.25, 0.3) is 6.08 Å². The maximum Gasteiger partial charge on any atom is 0.323 e. The van der Waals surface area contributed by atoms with Crippen LogP contribution < -0.4 is 0 Å². The number of carbonyl (C=O) groups is 3. The standard InChI is InChI=1S/C12H8N2O6S/c15-10(16)6-13-11(17)9(21-12(13)18)5-7-2-1-3-8(4-7)14(19)20/h1-5H,6H2,(H,15,16)/b9-5-. The van der Waals surface area contributed by atoms with Crippen molar-refractivity contribution in [3.05, 3.63) is 44.8 Å². The van der Waals surface area contributed by atoms with E-state index in [0.29, 0.717) is 22.2 Å². The second-order valence-corrected chi connectivity index (χ2v) is 5.01. The maximum atomic E-state index is 11.9. The predicted molar refractivity (Wildman–Crippen MR) is 73.4 cm³/mol. The van der Waals surface area contributed by atoms with Crippen molar-refractivity contribution in [2.75, 3.05) is 6.54 Å². The molecule has 2 amide bonds. The minimum atomic E-state index is -1.30. The number of rotatable bonds is 4. The number of nitro benzene ring substituents is 1. The van der Waals surface area contributed by atoms with Gasteiger partial charge in [0, 0.05) is 12.1 Å². The number of non-ortho nitro benzene ring substituents is 1. The van der Waals surface area contributed by atoms with Crippen molar-refractivity contribution in [1.29, 1.82) is 0 Å². The molecule has 0 bridgehead atoms. The van der Waals surface area contributed by atoms with E-state index in [0.717, 1.165) is 0 Å². The molecule has 2 rings (SSSR count). The Morgan fingerprint density at radius 2 is 2.14 bits per heavy atom. The van der Waals surface area contributed by atoms with Crippen LogP contribution in [0.2, 0.25) is 0 Å². The van der Waals surface area contributed by atoms with Crippen molar-refractivity contribution < 1.29 is 24.4 Å². The number of benzene rings is 1. The summed E-state index contributed by atoms with van der Waals surface area (Å²) in [5.74, 6) is -2.02. The van der Waals surface area contributed by atoms with Gasteiger partial charge in [-0.25, -0.2) is 0 Å². The van der Waals surface area contributed by atoms with Crippen molar-refractivity contribution in [1.82, 2.24) is 4.90 Å². The molecule has 0 radical (unpaired) electrons. The van der Waals surface area contributed by atoms with Crippen LogP contribution >= 0.6 is 11.8 Å². The Kier molecular flexibility index (Phi) is 4.03. The minimum absolute atomic E-state index is 0.0294. The number of carbonyl (C=O) groups excluding carboxylic acids is 2. The molecule has 1 aliphatic rings. The van der Waals surface area contributed by atoms with Gasteiger partial charge in [0.1, 0.15) is 6.54 Å². The van der Waals surface area contributed by atoms with Crippen molar-refractivity contribution in [3.8, 4) is 0 Å². The van der Waals surface area contributed by atoms with Gasteiger partial charge in [0.05, 0.1) is 9.83 Å². The quantitative estimate of drug-likeness (QED) is 0.511. The van der Waals surface area contributed by atoms with E-state index in [-0.39, 0.29) is 10.6 Å². The molecule has 1 heterocycles. The van der Waals surface area contributed by atoms with Gasteiger partial charge in [-0.1, -0.05) is 12.1 Å². The number of thioether (sulfide) groups is 1. The van der Waals surface area contributed by atoms with Crippen LogP contribution in [0.5, 0.6) is 0 Å². The van der Waals surface area contributed by atoms with E-state index in [1.165, 1.54) is 30.3 Å². The number of hydrogen-bond donors (Lipinski definition) is 1. The molecule has 0 saturated carbocycles. The van der Waals surface area contributed by atoms with E-state index < -0.39 is 28.6 Å². The van der Waals surface area contributed by atoms with E-state index in [1.807, 2.05) is 0 Å². The van der Waals surface area contributed by atoms with Gasteiger partial charge in [-0.2, -0.15) is 0 Å². The predicted octanol–water partition coefficient (Wildman–Crippen LogP) is 1.72. The number of nitro groups is 1. The molecule has 0 aromatic heterocycles. The fraction of sp³-hybridized carbons (Fsp3) is 0.0833. The Morgan fingerprint density at radius 3 is 2.76 bits per heavy atom. The third-order valence-electron chi connectivity index (χ3n) is 2.55. The normalized spacial score (nSPS) is 16.6. The molecular formula is C12H8N2O6S. The number of carboxylic acids is 1. The van der Waals surface area contributed by atoms with Crippen LogP contribution in [0.4, 0.5) is 10.5 Å². The lowest BCUT2D eigenvalue weighted by molar-refractivity contribution is -0.384. The fourth-order valence-electron chi connectivity index (χ4n) is 1.65. The zero-order valence-electron chi connectivity index (χ0n) is 10.4. The topological polar surface area (TPSA) is 118 Å². The molecule has 0 spiro atoms. The van der Waals surface area contributed by atoms with Gasteiger partial charge in [0.2, 0.25) is 0 Å². The number of aliphatic carboxylic acids is 1. The second kappa shape index (κ2) is 5.75. The van der Waals surface area contributed by atoms with E-state index in [1.54, 1.807) is 0 Å². The Morgan fingerprint density at radius 1 is 1.43 bits per heavy atom. The molecule has 1 saturated heterocycles. The molecule has 1 aromatic carbocycles. The summed E-state index contributed by atoms with van der Waals surface area (Å²) < 4.78 is 0. The van der Waals surface area contributed by atoms with Gasteiger partial charge in [-0.05, 0) is 23.4 Å². The molecule has 1 N–H and O–H groups in total. The average Bonchev–Trinajstić information content (AvgIpc) is 2.66. The summed E-state index contributed by atoms with van der Waals surface area (Å²) >= 11 is 0.598. The van der Waals surface area contributed by atoms with Gasteiger partial charge in [0.15, 0.2) is 0 Å². The summed E-state index contributed by atoms with van der Waals surface area (Å²) in [6, 6.07) is 5.54. The highest BCUT2D eigenvalue weighted by atomic mass is 32.2. The van der Waals surface area contributed by atoms with Gasteiger partial charge in [-0.15, -0.1) is 0 Å². The van der Waals surface area contributed by atoms with Gasteiger partial charge >= 0.3 is 5.97 Å². The zero-order valence-corrected chi connectivity index (χ0v) is 11.2. The summed E-state index contributed by atoms with van der Waals surface area (Å²) in [5, 5.41) is 18.6. The lowest BCUT2D eigenvalue weighted by atomic mass is 10.2. The zero-order chi connectivity index (χ0) is 15.6. The molecule has 0 aliphatic carbocycles. The molecule has 0 atom stereocenters. The van der Waals surface area contributed by atoms with E-state index in [2.05, 4.69) is 0 Å². The Bertz CT molecular complexity index is 684. The monoisotopic (exact) mass is 308 g/mol. The number of carboxylic acid groups (broad SMARTS) is 1. The Hall–Kier alpha value is -2.68. The molecule has 1 fully saturated rings. The number of nitrogens with zero attached hydrogens (tertiary/aromatic N) is 2. The Labute approximate surface area is 122 Å². The fourth-order valence-corrected chi connectivity index (χ4v) is 2.49. The number of hydrogen-bond acceptors (Lipinski definition) is 6. The van der Waals surface area contributed by atoms with E-state index >= 15 is 0 Å². The van der Waals surface area contributed by atoms with Crippen LogP contribution in [-0.2, 0) is 9.59 Å².